The fourth-order valence-corrected chi connectivity index (χ4v) is 2.81. The summed E-state index contributed by atoms with van der Waals surface area (Å²) in [5.74, 6) is -0.318. The lowest BCUT2D eigenvalue weighted by molar-refractivity contribution is -0.142. The lowest BCUT2D eigenvalue weighted by Crippen LogP contribution is -2.03. The Balaban J connectivity index is 1.58. The maximum atomic E-state index is 10.4. The maximum Gasteiger partial charge on any atom is 0.344 e. The highest BCUT2D eigenvalue weighted by Gasteiger charge is 2.03. The number of ether oxygens (including phenoxy) is 1. The van der Waals surface area contributed by atoms with Crippen molar-refractivity contribution in [3.8, 4) is 16.9 Å². The van der Waals surface area contributed by atoms with Crippen LogP contribution in [0.1, 0.15) is 11.1 Å². The van der Waals surface area contributed by atoms with E-state index in [1.54, 1.807) is 12.1 Å². The number of carbonyl (C=O) groups is 1. The Bertz CT molecular complexity index is 1000. The third-order valence-electron chi connectivity index (χ3n) is 3.95. The molecule has 3 rings (SSSR count). The number of aliphatic carboxylic acids is 1. The Morgan fingerprint density at radius 1 is 0.931 bits per heavy atom. The molecule has 0 aliphatic heterocycles. The van der Waals surface area contributed by atoms with E-state index in [1.165, 1.54) is 6.21 Å². The summed E-state index contributed by atoms with van der Waals surface area (Å²) in [7, 11) is 0. The van der Waals surface area contributed by atoms with Crippen LogP contribution in [0.4, 0.5) is 0 Å². The zero-order valence-electron chi connectivity index (χ0n) is 15.2. The van der Waals surface area contributed by atoms with Gasteiger partial charge in [-0.1, -0.05) is 70.8 Å². The molecule has 0 saturated carbocycles. The zero-order valence-corrected chi connectivity index (χ0v) is 16.7. The predicted molar refractivity (Wildman–Crippen MR) is 114 cm³/mol. The van der Waals surface area contributed by atoms with Gasteiger partial charge in [-0.05, 0) is 46.5 Å². The molecule has 0 bridgehead atoms. The van der Waals surface area contributed by atoms with E-state index in [4.69, 9.17) is 33.0 Å². The molecule has 3 aromatic carbocycles. The lowest BCUT2D eigenvalue weighted by atomic mass is 10.0. The minimum atomic E-state index is -1.07. The van der Waals surface area contributed by atoms with Crippen LogP contribution in [0.25, 0.3) is 11.1 Å². The number of nitrogens with zero attached hydrogens (tertiary/aromatic N) is 1. The summed E-state index contributed by atoms with van der Waals surface area (Å²) in [5, 5.41) is 13.1. The third kappa shape index (κ3) is 6.24. The summed E-state index contributed by atoms with van der Waals surface area (Å²) in [6.07, 6.45) is 1.46. The smallest absolute Gasteiger partial charge is 0.344 e. The summed E-state index contributed by atoms with van der Waals surface area (Å²) >= 11 is 11.9. The predicted octanol–water partition coefficient (Wildman–Crippen LogP) is 5.67. The fraction of sp³-hybridized carbons (Fsp3) is 0.0909. The van der Waals surface area contributed by atoms with Crippen molar-refractivity contribution in [3.05, 3.63) is 87.9 Å². The first-order valence-corrected chi connectivity index (χ1v) is 9.41. The molecule has 5 nitrogen and oxygen atoms in total. The van der Waals surface area contributed by atoms with Gasteiger partial charge in [-0.2, -0.15) is 0 Å². The molecule has 148 valence electrons. The molecular formula is C22H17Cl2NO4. The molecule has 0 atom stereocenters. The molecule has 0 aliphatic carbocycles. The minimum absolute atomic E-state index is 0.397. The van der Waals surface area contributed by atoms with Crippen LogP contribution in [0.2, 0.25) is 10.0 Å². The van der Waals surface area contributed by atoms with Crippen molar-refractivity contribution >= 4 is 35.4 Å². The van der Waals surface area contributed by atoms with Gasteiger partial charge in [-0.25, -0.2) is 4.79 Å². The van der Waals surface area contributed by atoms with Gasteiger partial charge in [0.2, 0.25) is 6.61 Å². The molecule has 0 saturated heterocycles. The van der Waals surface area contributed by atoms with Gasteiger partial charge in [0.25, 0.3) is 0 Å². The molecule has 3 aromatic rings. The molecule has 0 aliphatic rings. The number of carboxylic acid groups (broad SMARTS) is 1. The van der Waals surface area contributed by atoms with Crippen molar-refractivity contribution in [2.75, 3.05) is 6.61 Å². The summed E-state index contributed by atoms with van der Waals surface area (Å²) in [5.41, 5.74) is 3.82. The van der Waals surface area contributed by atoms with Crippen molar-refractivity contribution in [2.24, 2.45) is 5.16 Å². The van der Waals surface area contributed by atoms with E-state index < -0.39 is 12.6 Å². The van der Waals surface area contributed by atoms with Gasteiger partial charge >= 0.3 is 5.97 Å². The molecule has 0 unspecified atom stereocenters. The molecule has 0 spiro atoms. The highest BCUT2D eigenvalue weighted by Crippen LogP contribution is 2.25. The van der Waals surface area contributed by atoms with Gasteiger partial charge in [0, 0.05) is 0 Å². The van der Waals surface area contributed by atoms with Crippen LogP contribution in [0.3, 0.4) is 0 Å². The lowest BCUT2D eigenvalue weighted by Gasteiger charge is -2.08. The van der Waals surface area contributed by atoms with Crippen LogP contribution in [0.5, 0.6) is 5.75 Å². The van der Waals surface area contributed by atoms with Crippen molar-refractivity contribution in [1.29, 1.82) is 0 Å². The molecule has 0 amide bonds. The average Bonchev–Trinajstić information content (AvgIpc) is 2.73. The zero-order chi connectivity index (χ0) is 20.6. The fourth-order valence-electron chi connectivity index (χ4n) is 2.49. The van der Waals surface area contributed by atoms with Crippen LogP contribution in [-0.2, 0) is 16.2 Å². The van der Waals surface area contributed by atoms with E-state index in [9.17, 15) is 4.79 Å². The van der Waals surface area contributed by atoms with Crippen molar-refractivity contribution < 1.29 is 19.5 Å². The van der Waals surface area contributed by atoms with Crippen LogP contribution in [-0.4, -0.2) is 23.9 Å². The molecule has 0 fully saturated rings. The number of carboxylic acids is 1. The van der Waals surface area contributed by atoms with E-state index in [2.05, 4.69) is 9.99 Å². The molecular weight excluding hydrogens is 413 g/mol. The van der Waals surface area contributed by atoms with E-state index in [0.29, 0.717) is 16.7 Å². The molecule has 0 radical (unpaired) electrons. The summed E-state index contributed by atoms with van der Waals surface area (Å²) in [6.45, 7) is -0.0672. The van der Waals surface area contributed by atoms with Crippen molar-refractivity contribution in [3.63, 3.8) is 0 Å². The van der Waals surface area contributed by atoms with Crippen LogP contribution in [0.15, 0.2) is 71.9 Å². The monoisotopic (exact) mass is 429 g/mol. The molecule has 7 heteroatoms. The second-order valence-electron chi connectivity index (χ2n) is 6.09. The normalized spacial score (nSPS) is 10.8. The van der Waals surface area contributed by atoms with E-state index in [0.717, 1.165) is 28.0 Å². The number of hydrogen-bond acceptors (Lipinski definition) is 4. The quantitative estimate of drug-likeness (QED) is 0.369. The average molecular weight is 430 g/mol. The minimum Gasteiger partial charge on any atom is -0.489 e. The van der Waals surface area contributed by atoms with E-state index >= 15 is 0 Å². The molecule has 1 N–H and O–H groups in total. The van der Waals surface area contributed by atoms with Crippen LogP contribution >= 0.6 is 23.2 Å². The molecule has 0 aromatic heterocycles. The third-order valence-corrected chi connectivity index (χ3v) is 4.69. The Hall–Kier alpha value is -3.02. The van der Waals surface area contributed by atoms with E-state index in [1.807, 2.05) is 54.6 Å². The van der Waals surface area contributed by atoms with Gasteiger partial charge in [-0.3, -0.25) is 0 Å². The Morgan fingerprint density at radius 2 is 1.59 bits per heavy atom. The maximum absolute atomic E-state index is 10.4. The van der Waals surface area contributed by atoms with Gasteiger partial charge in [0.05, 0.1) is 16.3 Å². The largest absolute Gasteiger partial charge is 0.489 e. The Labute approximate surface area is 178 Å². The molecule has 0 heterocycles. The van der Waals surface area contributed by atoms with Crippen LogP contribution in [0, 0.1) is 0 Å². The summed E-state index contributed by atoms with van der Waals surface area (Å²) < 4.78 is 5.79. The Kier molecular flexibility index (Phi) is 7.11. The van der Waals surface area contributed by atoms with E-state index in [-0.39, 0.29) is 0 Å². The Morgan fingerprint density at radius 3 is 2.21 bits per heavy atom. The number of rotatable bonds is 8. The number of halogens is 2. The highest BCUT2D eigenvalue weighted by atomic mass is 35.5. The standard InChI is InChI=1S/C22H17Cl2NO4/c23-20-10-3-16(11-21(20)24)13-28-19-8-6-18(7-9-19)17-4-1-15(2-5-17)12-25-29-14-22(26)27/h1-12H,13-14H2,(H,26,27). The first kappa shape index (κ1) is 20.7. The summed E-state index contributed by atoms with van der Waals surface area (Å²) in [6, 6.07) is 20.8. The van der Waals surface area contributed by atoms with Gasteiger partial charge in [0.1, 0.15) is 12.4 Å². The van der Waals surface area contributed by atoms with Crippen molar-refractivity contribution in [1.82, 2.24) is 0 Å². The molecule has 29 heavy (non-hydrogen) atoms. The topological polar surface area (TPSA) is 68.1 Å². The second kappa shape index (κ2) is 9.96. The number of hydrogen-bond donors (Lipinski definition) is 1. The summed E-state index contributed by atoms with van der Waals surface area (Å²) in [4.78, 5) is 15.0. The van der Waals surface area contributed by atoms with Gasteiger partial charge in [-0.15, -0.1) is 0 Å². The first-order chi connectivity index (χ1) is 14.0. The SMILES string of the molecule is O=C(O)CON=Cc1ccc(-c2ccc(OCc3ccc(Cl)c(Cl)c3)cc2)cc1. The second-order valence-corrected chi connectivity index (χ2v) is 6.90. The number of oxime groups is 1. The number of benzene rings is 3. The first-order valence-electron chi connectivity index (χ1n) is 8.65. The highest BCUT2D eigenvalue weighted by molar-refractivity contribution is 6.42. The van der Waals surface area contributed by atoms with Gasteiger partial charge < -0.3 is 14.7 Å². The van der Waals surface area contributed by atoms with Gasteiger partial charge in [0.15, 0.2) is 0 Å². The van der Waals surface area contributed by atoms with Crippen LogP contribution < -0.4 is 4.74 Å². The van der Waals surface area contributed by atoms with Crippen molar-refractivity contribution in [2.45, 2.75) is 6.61 Å².